The summed E-state index contributed by atoms with van der Waals surface area (Å²) in [7, 11) is 4.16. The first-order valence-electron chi connectivity index (χ1n) is 10.2. The molecule has 0 aliphatic carbocycles. The molecule has 0 heterocycles. The number of rotatable bonds is 8. The van der Waals surface area contributed by atoms with Crippen LogP contribution in [0.25, 0.3) is 22.3 Å². The lowest BCUT2D eigenvalue weighted by molar-refractivity contribution is 0.326. The van der Waals surface area contributed by atoms with Gasteiger partial charge in [-0.25, -0.2) is 4.39 Å². The molecule has 3 aromatic rings. The van der Waals surface area contributed by atoms with Crippen molar-refractivity contribution in [3.8, 4) is 56.8 Å². The van der Waals surface area contributed by atoms with E-state index in [0.717, 1.165) is 5.57 Å². The lowest BCUT2D eigenvalue weighted by Gasteiger charge is -2.20. The van der Waals surface area contributed by atoms with Gasteiger partial charge in [0.2, 0.25) is 0 Å². The van der Waals surface area contributed by atoms with Gasteiger partial charge in [0, 0.05) is 0 Å². The maximum Gasteiger partial charge on any atom is 0.177 e. The summed E-state index contributed by atoms with van der Waals surface area (Å²) in [5.41, 5.74) is 2.11. The molecular formula is C26H27FO6. The summed E-state index contributed by atoms with van der Waals surface area (Å²) in [6.45, 7) is 4.32. The predicted molar refractivity (Wildman–Crippen MR) is 125 cm³/mol. The molecule has 0 aliphatic rings. The van der Waals surface area contributed by atoms with Crippen LogP contribution in [0, 0.1) is 5.82 Å². The Morgan fingerprint density at radius 2 is 1.45 bits per heavy atom. The molecular weight excluding hydrogens is 427 g/mol. The Balaban J connectivity index is 2.18. The van der Waals surface area contributed by atoms with Crippen molar-refractivity contribution in [3.63, 3.8) is 0 Å². The van der Waals surface area contributed by atoms with E-state index in [4.69, 9.17) is 18.9 Å². The van der Waals surface area contributed by atoms with Crippen LogP contribution in [0.15, 0.2) is 54.1 Å². The molecule has 0 aromatic heterocycles. The quantitative estimate of drug-likeness (QED) is 0.410. The van der Waals surface area contributed by atoms with Crippen LogP contribution in [-0.2, 0) is 0 Å². The number of phenols is 2. The number of allylic oxidation sites excluding steroid dienone is 1. The second-order valence-electron chi connectivity index (χ2n) is 7.48. The molecule has 0 amide bonds. The van der Waals surface area contributed by atoms with Crippen molar-refractivity contribution < 1.29 is 33.6 Å². The van der Waals surface area contributed by atoms with E-state index in [0.29, 0.717) is 29.2 Å². The van der Waals surface area contributed by atoms with E-state index in [1.807, 2.05) is 19.9 Å². The minimum atomic E-state index is -0.712. The second kappa shape index (κ2) is 10.2. The third kappa shape index (κ3) is 4.82. The van der Waals surface area contributed by atoms with Crippen LogP contribution in [0.3, 0.4) is 0 Å². The Kier molecular flexibility index (Phi) is 7.33. The Hall–Kier alpha value is -3.87. The number of ether oxygens (including phenoxy) is 4. The number of halogens is 1. The van der Waals surface area contributed by atoms with Crippen LogP contribution in [0.4, 0.5) is 4.39 Å². The number of benzene rings is 3. The molecule has 7 heteroatoms. The molecule has 2 N–H and O–H groups in total. The van der Waals surface area contributed by atoms with Crippen LogP contribution in [-0.4, -0.2) is 38.1 Å². The summed E-state index contributed by atoms with van der Waals surface area (Å²) >= 11 is 0. The average Bonchev–Trinajstić information content (AvgIpc) is 2.80. The molecule has 0 radical (unpaired) electrons. The Morgan fingerprint density at radius 3 is 2.03 bits per heavy atom. The maximum absolute atomic E-state index is 15.7. The van der Waals surface area contributed by atoms with Gasteiger partial charge >= 0.3 is 0 Å². The molecule has 0 aliphatic heterocycles. The standard InChI is InChI=1S/C26H27FO6/c1-15(2)12-13-33-19-11-8-17(14-20(19)30-3)22-24(29)26(32-5)21(23(27)25(22)31-4)16-6-9-18(28)10-7-16/h6-12,14,28-29H,13H2,1-5H3. The monoisotopic (exact) mass is 454 g/mol. The van der Waals surface area contributed by atoms with Crippen LogP contribution < -0.4 is 18.9 Å². The number of aromatic hydroxyl groups is 2. The van der Waals surface area contributed by atoms with Gasteiger partial charge in [0.25, 0.3) is 0 Å². The Labute approximate surface area is 192 Å². The first-order chi connectivity index (χ1) is 15.8. The van der Waals surface area contributed by atoms with Crippen LogP contribution in [0.2, 0.25) is 0 Å². The van der Waals surface area contributed by atoms with Crippen molar-refractivity contribution in [2.24, 2.45) is 0 Å². The minimum Gasteiger partial charge on any atom is -0.508 e. The van der Waals surface area contributed by atoms with Gasteiger partial charge in [-0.1, -0.05) is 23.8 Å². The maximum atomic E-state index is 15.7. The molecule has 0 saturated heterocycles. The summed E-state index contributed by atoms with van der Waals surface area (Å²) < 4.78 is 37.7. The van der Waals surface area contributed by atoms with Gasteiger partial charge in [-0.2, -0.15) is 0 Å². The average molecular weight is 454 g/mol. The highest BCUT2D eigenvalue weighted by molar-refractivity contribution is 5.88. The summed E-state index contributed by atoms with van der Waals surface area (Å²) in [6.07, 6.45) is 1.94. The van der Waals surface area contributed by atoms with E-state index in [-0.39, 0.29) is 34.1 Å². The van der Waals surface area contributed by atoms with Crippen LogP contribution in [0.1, 0.15) is 13.8 Å². The van der Waals surface area contributed by atoms with E-state index in [9.17, 15) is 10.2 Å². The zero-order valence-corrected chi connectivity index (χ0v) is 19.2. The van der Waals surface area contributed by atoms with Crippen molar-refractivity contribution in [1.82, 2.24) is 0 Å². The molecule has 0 bridgehead atoms. The van der Waals surface area contributed by atoms with E-state index in [2.05, 4.69) is 0 Å². The largest absolute Gasteiger partial charge is 0.508 e. The van der Waals surface area contributed by atoms with Gasteiger partial charge in [0.1, 0.15) is 12.4 Å². The van der Waals surface area contributed by atoms with Gasteiger partial charge in [0.05, 0.1) is 32.5 Å². The molecule has 0 fully saturated rings. The molecule has 174 valence electrons. The van der Waals surface area contributed by atoms with Gasteiger partial charge < -0.3 is 29.2 Å². The van der Waals surface area contributed by atoms with E-state index >= 15 is 4.39 Å². The summed E-state index contributed by atoms with van der Waals surface area (Å²) in [6, 6.07) is 10.9. The van der Waals surface area contributed by atoms with Crippen LogP contribution in [0.5, 0.6) is 34.5 Å². The van der Waals surface area contributed by atoms with Crippen molar-refractivity contribution in [1.29, 1.82) is 0 Å². The molecule has 0 atom stereocenters. The highest BCUT2D eigenvalue weighted by Crippen LogP contribution is 2.52. The Bertz CT molecular complexity index is 1160. The lowest BCUT2D eigenvalue weighted by Crippen LogP contribution is -2.01. The molecule has 3 rings (SSSR count). The highest BCUT2D eigenvalue weighted by Gasteiger charge is 2.28. The molecule has 0 unspecified atom stereocenters. The fraction of sp³-hybridized carbons (Fsp3) is 0.231. The molecule has 6 nitrogen and oxygen atoms in total. The fourth-order valence-corrected chi connectivity index (χ4v) is 3.45. The van der Waals surface area contributed by atoms with Crippen molar-refractivity contribution in [3.05, 3.63) is 59.9 Å². The Morgan fingerprint density at radius 1 is 0.818 bits per heavy atom. The molecule has 3 aromatic carbocycles. The molecule has 0 spiro atoms. The van der Waals surface area contributed by atoms with Gasteiger partial charge in [0.15, 0.2) is 34.6 Å². The normalized spacial score (nSPS) is 10.5. The molecule has 0 saturated carbocycles. The third-order valence-corrected chi connectivity index (χ3v) is 5.07. The van der Waals surface area contributed by atoms with Crippen LogP contribution >= 0.6 is 0 Å². The molecule has 33 heavy (non-hydrogen) atoms. The number of methoxy groups -OCH3 is 3. The van der Waals surface area contributed by atoms with Crippen molar-refractivity contribution >= 4 is 0 Å². The minimum absolute atomic E-state index is 0.0178. The van der Waals surface area contributed by atoms with E-state index in [1.54, 1.807) is 18.2 Å². The van der Waals surface area contributed by atoms with Gasteiger partial charge in [-0.05, 0) is 55.3 Å². The van der Waals surface area contributed by atoms with Crippen molar-refractivity contribution in [2.75, 3.05) is 27.9 Å². The first kappa shape index (κ1) is 23.8. The number of phenolic OH excluding ortho intramolecular Hbond substituents is 2. The van der Waals surface area contributed by atoms with E-state index in [1.165, 1.54) is 45.6 Å². The second-order valence-corrected chi connectivity index (χ2v) is 7.48. The first-order valence-corrected chi connectivity index (χ1v) is 10.2. The zero-order chi connectivity index (χ0) is 24.1. The predicted octanol–water partition coefficient (Wildman–Crippen LogP) is 5.94. The fourth-order valence-electron chi connectivity index (χ4n) is 3.45. The number of hydrogen-bond donors (Lipinski definition) is 2. The SMILES string of the molecule is COc1cc(-c2c(O)c(OC)c(-c3ccc(O)cc3)c(F)c2OC)ccc1OCC=C(C)C. The summed E-state index contributed by atoms with van der Waals surface area (Å²) in [4.78, 5) is 0. The lowest BCUT2D eigenvalue weighted by atomic mass is 9.95. The smallest absolute Gasteiger partial charge is 0.177 e. The highest BCUT2D eigenvalue weighted by atomic mass is 19.1. The summed E-state index contributed by atoms with van der Waals surface area (Å²) in [5.74, 6) is -0.267. The van der Waals surface area contributed by atoms with Gasteiger partial charge in [-0.15, -0.1) is 0 Å². The topological polar surface area (TPSA) is 77.4 Å². The number of hydrogen-bond acceptors (Lipinski definition) is 6. The summed E-state index contributed by atoms with van der Waals surface area (Å²) in [5, 5.41) is 20.7. The van der Waals surface area contributed by atoms with Crippen molar-refractivity contribution in [2.45, 2.75) is 13.8 Å². The van der Waals surface area contributed by atoms with Gasteiger partial charge in [-0.3, -0.25) is 0 Å². The third-order valence-electron chi connectivity index (χ3n) is 5.07. The van der Waals surface area contributed by atoms with E-state index < -0.39 is 5.82 Å². The zero-order valence-electron chi connectivity index (χ0n) is 19.2.